The van der Waals surface area contributed by atoms with Crippen molar-refractivity contribution in [1.29, 1.82) is 0 Å². The highest BCUT2D eigenvalue weighted by molar-refractivity contribution is 6.81. The number of urea groups is 1. The lowest BCUT2D eigenvalue weighted by Crippen LogP contribution is -2.58. The van der Waals surface area contributed by atoms with Gasteiger partial charge in [0.25, 0.3) is 5.91 Å². The van der Waals surface area contributed by atoms with E-state index in [1.165, 1.54) is 0 Å². The van der Waals surface area contributed by atoms with Gasteiger partial charge in [0.15, 0.2) is 16.5 Å². The van der Waals surface area contributed by atoms with E-state index in [0.717, 1.165) is 5.56 Å². The fourth-order valence-corrected chi connectivity index (χ4v) is 7.33. The van der Waals surface area contributed by atoms with E-state index in [9.17, 15) is 9.59 Å². The Labute approximate surface area is 141 Å². The van der Waals surface area contributed by atoms with Crippen molar-refractivity contribution in [3.05, 3.63) is 35.9 Å². The van der Waals surface area contributed by atoms with E-state index in [0.29, 0.717) is 6.42 Å². The van der Waals surface area contributed by atoms with E-state index < -0.39 is 22.0 Å². The minimum atomic E-state index is -2.09. The van der Waals surface area contributed by atoms with Crippen molar-refractivity contribution in [2.24, 2.45) is 0 Å². The fraction of sp³-hybridized carbons (Fsp3) is 0.529. The Morgan fingerprint density at radius 2 is 1.43 bits per heavy atom. The minimum absolute atomic E-state index is 0.0298. The highest BCUT2D eigenvalue weighted by Crippen LogP contribution is 2.44. The molecule has 1 aromatic carbocycles. The molecule has 1 fully saturated rings. The summed E-state index contributed by atoms with van der Waals surface area (Å²) >= 11 is 0. The van der Waals surface area contributed by atoms with Gasteiger partial charge in [-0.3, -0.25) is 9.36 Å². The first-order valence-corrected chi connectivity index (χ1v) is 15.1. The molecule has 1 aliphatic rings. The van der Waals surface area contributed by atoms with Crippen LogP contribution in [0.5, 0.6) is 0 Å². The molecule has 0 bridgehead atoms. The zero-order chi connectivity index (χ0) is 17.6. The molecular formula is C17H28N2O2Si2. The third kappa shape index (κ3) is 2.67. The Hall–Kier alpha value is -1.41. The molecule has 0 saturated carbocycles. The van der Waals surface area contributed by atoms with Crippen LogP contribution in [0.2, 0.25) is 39.3 Å². The first-order valence-electron chi connectivity index (χ1n) is 8.22. The first-order chi connectivity index (χ1) is 10.5. The topological polar surface area (TPSA) is 40.6 Å². The third-order valence-corrected chi connectivity index (χ3v) is 8.08. The Kier molecular flexibility index (Phi) is 4.36. The average molecular weight is 349 g/mol. The summed E-state index contributed by atoms with van der Waals surface area (Å²) in [6.07, 6.45) is 0.604. The summed E-state index contributed by atoms with van der Waals surface area (Å²) in [5.41, 5.74) is 0.0901. The molecule has 1 aliphatic heterocycles. The van der Waals surface area contributed by atoms with Gasteiger partial charge in [-0.25, -0.2) is 4.79 Å². The lowest BCUT2D eigenvalue weighted by Gasteiger charge is -2.42. The number of hydrogen-bond acceptors (Lipinski definition) is 2. The largest absolute Gasteiger partial charge is 0.335 e. The van der Waals surface area contributed by atoms with Crippen molar-refractivity contribution in [1.82, 2.24) is 9.13 Å². The number of nitrogens with zero attached hydrogens (tertiary/aromatic N) is 2. The molecule has 126 valence electrons. The predicted octanol–water partition coefficient (Wildman–Crippen LogP) is 4.23. The maximum absolute atomic E-state index is 13.5. The van der Waals surface area contributed by atoms with Crippen LogP contribution in [0.15, 0.2) is 30.3 Å². The molecule has 1 atom stereocenters. The molecular weight excluding hydrogens is 320 g/mol. The molecule has 4 nitrogen and oxygen atoms in total. The molecule has 0 N–H and O–H groups in total. The molecule has 3 amide bonds. The molecule has 1 aromatic rings. The van der Waals surface area contributed by atoms with Crippen molar-refractivity contribution < 1.29 is 9.59 Å². The molecule has 0 aromatic heterocycles. The highest BCUT2D eigenvalue weighted by atomic mass is 28.3. The molecule has 0 spiro atoms. The standard InChI is InChI=1S/C17H28N2O2Si2/c1-8-17(14-12-10-9-11-13-14)15(20)18(22(2,3)4)16(21)19(17)23(5,6)7/h9-13H,8H2,1-7H3. The zero-order valence-corrected chi connectivity index (χ0v) is 17.3. The Morgan fingerprint density at radius 3 is 1.83 bits per heavy atom. The van der Waals surface area contributed by atoms with Crippen molar-refractivity contribution in [3.8, 4) is 0 Å². The summed E-state index contributed by atoms with van der Waals surface area (Å²) in [4.78, 5) is 26.8. The van der Waals surface area contributed by atoms with Crippen LogP contribution in [-0.4, -0.2) is 37.5 Å². The Balaban J connectivity index is 2.76. The SMILES string of the molecule is CCC1(c2ccccc2)C(=O)N([Si](C)(C)C)C(=O)N1[Si](C)(C)C. The van der Waals surface area contributed by atoms with Gasteiger partial charge >= 0.3 is 6.03 Å². The number of rotatable bonds is 4. The van der Waals surface area contributed by atoms with Gasteiger partial charge in [0, 0.05) is 0 Å². The van der Waals surface area contributed by atoms with Crippen molar-refractivity contribution in [3.63, 3.8) is 0 Å². The molecule has 2 rings (SSSR count). The van der Waals surface area contributed by atoms with E-state index in [1.54, 1.807) is 4.57 Å². The second-order valence-corrected chi connectivity index (χ2v) is 17.8. The first kappa shape index (κ1) is 17.9. The predicted molar refractivity (Wildman–Crippen MR) is 99.2 cm³/mol. The summed E-state index contributed by atoms with van der Waals surface area (Å²) in [5.74, 6) is -0.0298. The van der Waals surface area contributed by atoms with E-state index >= 15 is 0 Å². The highest BCUT2D eigenvalue weighted by Gasteiger charge is 2.62. The van der Waals surface area contributed by atoms with Gasteiger partial charge in [-0.2, -0.15) is 0 Å². The summed E-state index contributed by atoms with van der Waals surface area (Å²) in [5, 5.41) is 0. The fourth-order valence-electron chi connectivity index (χ4n) is 3.56. The molecule has 0 aliphatic carbocycles. The molecule has 23 heavy (non-hydrogen) atoms. The summed E-state index contributed by atoms with van der Waals surface area (Å²) in [6.45, 7) is 14.6. The van der Waals surface area contributed by atoms with Crippen molar-refractivity contribution >= 4 is 28.4 Å². The van der Waals surface area contributed by atoms with E-state index in [2.05, 4.69) is 39.3 Å². The van der Waals surface area contributed by atoms with Crippen LogP contribution in [-0.2, 0) is 10.3 Å². The number of amides is 3. The van der Waals surface area contributed by atoms with E-state index in [-0.39, 0.29) is 11.9 Å². The Bertz CT molecular complexity index is 620. The maximum Gasteiger partial charge on any atom is 0.311 e. The lowest BCUT2D eigenvalue weighted by atomic mass is 9.87. The van der Waals surface area contributed by atoms with Crippen LogP contribution >= 0.6 is 0 Å². The maximum atomic E-state index is 13.5. The monoisotopic (exact) mass is 348 g/mol. The smallest absolute Gasteiger partial charge is 0.311 e. The second-order valence-electron chi connectivity index (χ2n) is 8.18. The van der Waals surface area contributed by atoms with Crippen molar-refractivity contribution in [2.75, 3.05) is 0 Å². The van der Waals surface area contributed by atoms with Crippen LogP contribution in [0.1, 0.15) is 18.9 Å². The van der Waals surface area contributed by atoms with Gasteiger partial charge in [0.1, 0.15) is 5.54 Å². The van der Waals surface area contributed by atoms with E-state index in [4.69, 9.17) is 0 Å². The van der Waals surface area contributed by atoms with Gasteiger partial charge in [-0.15, -0.1) is 0 Å². The number of hydrogen-bond donors (Lipinski definition) is 0. The van der Waals surface area contributed by atoms with Gasteiger partial charge < -0.3 is 4.57 Å². The van der Waals surface area contributed by atoms with Gasteiger partial charge in [0.05, 0.1) is 0 Å². The lowest BCUT2D eigenvalue weighted by molar-refractivity contribution is -0.130. The number of carbonyl (C=O) groups is 2. The van der Waals surface area contributed by atoms with Crippen molar-refractivity contribution in [2.45, 2.75) is 58.2 Å². The molecule has 1 unspecified atom stereocenters. The van der Waals surface area contributed by atoms with Crippen LogP contribution in [0.25, 0.3) is 0 Å². The molecule has 1 saturated heterocycles. The normalized spacial score (nSPS) is 22.9. The Morgan fingerprint density at radius 1 is 0.913 bits per heavy atom. The molecule has 0 radical (unpaired) electrons. The van der Waals surface area contributed by atoms with Crippen LogP contribution < -0.4 is 0 Å². The number of carbonyl (C=O) groups excluding carboxylic acids is 2. The van der Waals surface area contributed by atoms with Crippen LogP contribution in [0.4, 0.5) is 4.79 Å². The van der Waals surface area contributed by atoms with Gasteiger partial charge in [0.2, 0.25) is 0 Å². The quantitative estimate of drug-likeness (QED) is 0.603. The van der Waals surface area contributed by atoms with Crippen LogP contribution in [0.3, 0.4) is 0 Å². The van der Waals surface area contributed by atoms with E-state index in [1.807, 2.05) is 41.8 Å². The summed E-state index contributed by atoms with van der Waals surface area (Å²) in [6, 6.07) is 9.72. The second kappa shape index (κ2) is 5.59. The summed E-state index contributed by atoms with van der Waals surface area (Å²) < 4.78 is 3.54. The zero-order valence-electron chi connectivity index (χ0n) is 15.3. The number of imide groups is 1. The average Bonchev–Trinajstić information content (AvgIpc) is 2.67. The summed E-state index contributed by atoms with van der Waals surface area (Å²) in [7, 11) is -4.14. The van der Waals surface area contributed by atoms with Crippen LogP contribution in [0, 0.1) is 0 Å². The third-order valence-electron chi connectivity index (χ3n) is 4.43. The number of benzene rings is 1. The minimum Gasteiger partial charge on any atom is -0.335 e. The molecule has 6 heteroatoms. The molecule has 1 heterocycles. The van der Waals surface area contributed by atoms with Gasteiger partial charge in [-0.05, 0) is 12.0 Å². The van der Waals surface area contributed by atoms with Gasteiger partial charge in [-0.1, -0.05) is 76.5 Å².